The summed E-state index contributed by atoms with van der Waals surface area (Å²) in [6, 6.07) is 18.7. The third-order valence-corrected chi connectivity index (χ3v) is 7.29. The molecule has 3 N–H and O–H groups in total. The fraction of sp³-hybridized carbons (Fsp3) is 0.345. The number of benzene rings is 2. The molecule has 3 aromatic rings. The number of piperidine rings is 1. The lowest BCUT2D eigenvalue weighted by atomic mass is 9.93. The van der Waals surface area contributed by atoms with Crippen LogP contribution in [0.4, 0.5) is 11.5 Å². The number of pyridine rings is 1. The number of carbonyl (C=O) groups excluding carboxylic acids is 1. The van der Waals surface area contributed by atoms with E-state index in [0.29, 0.717) is 25.9 Å². The first-order valence-corrected chi connectivity index (χ1v) is 12.7. The average Bonchev–Trinajstić information content (AvgIpc) is 2.90. The van der Waals surface area contributed by atoms with Gasteiger partial charge >= 0.3 is 5.97 Å². The summed E-state index contributed by atoms with van der Waals surface area (Å²) in [7, 11) is 0. The molecule has 0 saturated carbocycles. The minimum Gasteiger partial charge on any atom is -0.480 e. The van der Waals surface area contributed by atoms with Gasteiger partial charge in [0.1, 0.15) is 11.9 Å². The van der Waals surface area contributed by atoms with Crippen molar-refractivity contribution in [1.82, 2.24) is 9.88 Å². The van der Waals surface area contributed by atoms with Gasteiger partial charge in [0, 0.05) is 36.8 Å². The van der Waals surface area contributed by atoms with Crippen molar-refractivity contribution in [3.05, 3.63) is 77.4 Å². The van der Waals surface area contributed by atoms with Crippen LogP contribution in [0.3, 0.4) is 0 Å². The highest BCUT2D eigenvalue weighted by atomic mass is 16.4. The van der Waals surface area contributed by atoms with Crippen LogP contribution in [0.25, 0.3) is 11.3 Å². The van der Waals surface area contributed by atoms with Crippen molar-refractivity contribution in [3.8, 4) is 11.3 Å². The molecule has 1 amide bonds. The molecule has 5 rings (SSSR count). The first-order valence-electron chi connectivity index (χ1n) is 12.7. The van der Waals surface area contributed by atoms with Gasteiger partial charge in [-0.2, -0.15) is 0 Å². The quantitative estimate of drug-likeness (QED) is 0.461. The van der Waals surface area contributed by atoms with Gasteiger partial charge in [-0.05, 0) is 67.5 Å². The van der Waals surface area contributed by atoms with Crippen LogP contribution in [0.2, 0.25) is 0 Å². The normalized spacial score (nSPS) is 17.0. The number of nitrogens with one attached hydrogen (secondary N) is 2. The molecule has 7 heteroatoms. The van der Waals surface area contributed by atoms with Crippen molar-refractivity contribution in [3.63, 3.8) is 0 Å². The molecule has 1 saturated heterocycles. The highest BCUT2D eigenvalue weighted by Crippen LogP contribution is 2.31. The molecule has 0 spiro atoms. The van der Waals surface area contributed by atoms with Gasteiger partial charge in [-0.1, -0.05) is 42.5 Å². The molecule has 1 atom stereocenters. The van der Waals surface area contributed by atoms with Crippen molar-refractivity contribution in [1.29, 1.82) is 0 Å². The Kier molecular flexibility index (Phi) is 7.00. The number of anilines is 2. The predicted molar refractivity (Wildman–Crippen MR) is 141 cm³/mol. The van der Waals surface area contributed by atoms with Crippen molar-refractivity contribution in [2.75, 3.05) is 30.3 Å². The summed E-state index contributed by atoms with van der Waals surface area (Å²) in [6.45, 7) is 4.12. The molecule has 0 bridgehead atoms. The number of hydrogen-bond acceptors (Lipinski definition) is 5. The van der Waals surface area contributed by atoms with Crippen LogP contribution in [-0.2, 0) is 16.0 Å². The lowest BCUT2D eigenvalue weighted by Gasteiger charge is -2.35. The van der Waals surface area contributed by atoms with Gasteiger partial charge in [-0.25, -0.2) is 4.98 Å². The van der Waals surface area contributed by atoms with Gasteiger partial charge in [0.25, 0.3) is 0 Å². The lowest BCUT2D eigenvalue weighted by Crippen LogP contribution is -2.42. The summed E-state index contributed by atoms with van der Waals surface area (Å²) in [5, 5.41) is 16.3. The molecule has 0 radical (unpaired) electrons. The zero-order valence-corrected chi connectivity index (χ0v) is 20.5. The molecule has 1 fully saturated rings. The van der Waals surface area contributed by atoms with E-state index in [4.69, 9.17) is 4.98 Å². The summed E-state index contributed by atoms with van der Waals surface area (Å²) in [5.41, 5.74) is 5.77. The number of carbonyl (C=O) groups is 2. The number of aryl methyl sites for hydroxylation is 2. The molecule has 0 aliphatic carbocycles. The molecule has 36 heavy (non-hydrogen) atoms. The summed E-state index contributed by atoms with van der Waals surface area (Å²) in [6.07, 6.45) is 3.41. The average molecular weight is 485 g/mol. The van der Waals surface area contributed by atoms with E-state index in [1.54, 1.807) is 0 Å². The number of hydrogen-bond donors (Lipinski definition) is 3. The fourth-order valence-corrected chi connectivity index (χ4v) is 5.26. The maximum absolute atomic E-state index is 13.1. The molecule has 186 valence electrons. The molecule has 1 aromatic heterocycles. The minimum absolute atomic E-state index is 0.0175. The summed E-state index contributed by atoms with van der Waals surface area (Å²) >= 11 is 0. The van der Waals surface area contributed by atoms with E-state index < -0.39 is 12.0 Å². The van der Waals surface area contributed by atoms with Crippen LogP contribution in [-0.4, -0.2) is 46.5 Å². The minimum atomic E-state index is -0.859. The molecule has 2 aliphatic heterocycles. The third-order valence-electron chi connectivity index (χ3n) is 7.29. The maximum atomic E-state index is 13.1. The fourth-order valence-electron chi connectivity index (χ4n) is 5.26. The Hall–Kier alpha value is -3.71. The van der Waals surface area contributed by atoms with E-state index in [-0.39, 0.29) is 11.8 Å². The van der Waals surface area contributed by atoms with Crippen LogP contribution >= 0.6 is 0 Å². The Balaban J connectivity index is 1.25. The molecule has 7 nitrogen and oxygen atoms in total. The summed E-state index contributed by atoms with van der Waals surface area (Å²) in [5.74, 6) is -0.0739. The number of likely N-dealkylation sites (tertiary alicyclic amines) is 1. The van der Waals surface area contributed by atoms with E-state index >= 15 is 0 Å². The van der Waals surface area contributed by atoms with Gasteiger partial charge in [-0.15, -0.1) is 0 Å². The summed E-state index contributed by atoms with van der Waals surface area (Å²) in [4.78, 5) is 31.9. The first-order chi connectivity index (χ1) is 17.5. The largest absolute Gasteiger partial charge is 0.480 e. The van der Waals surface area contributed by atoms with Gasteiger partial charge in [-0.3, -0.25) is 14.5 Å². The second-order valence-electron chi connectivity index (χ2n) is 9.72. The van der Waals surface area contributed by atoms with Crippen LogP contribution in [0.15, 0.2) is 60.7 Å². The topological polar surface area (TPSA) is 94.6 Å². The second kappa shape index (κ2) is 10.5. The molecule has 3 heterocycles. The summed E-state index contributed by atoms with van der Waals surface area (Å²) < 4.78 is 0. The number of nitrogens with zero attached hydrogens (tertiary/aromatic N) is 2. The van der Waals surface area contributed by atoms with E-state index in [9.17, 15) is 14.7 Å². The van der Waals surface area contributed by atoms with Crippen molar-refractivity contribution < 1.29 is 14.7 Å². The Bertz CT molecular complexity index is 1250. The molecular formula is C29H32N4O3. The molecule has 1 unspecified atom stereocenters. The van der Waals surface area contributed by atoms with Gasteiger partial charge in [0.2, 0.25) is 5.91 Å². The monoisotopic (exact) mass is 484 g/mol. The Labute approximate surface area is 211 Å². The van der Waals surface area contributed by atoms with E-state index in [1.165, 1.54) is 5.56 Å². The van der Waals surface area contributed by atoms with Crippen LogP contribution in [0.1, 0.15) is 42.0 Å². The van der Waals surface area contributed by atoms with Gasteiger partial charge in [0.05, 0.1) is 5.69 Å². The lowest BCUT2D eigenvalue weighted by molar-refractivity contribution is -0.144. The zero-order valence-electron chi connectivity index (χ0n) is 20.5. The first kappa shape index (κ1) is 24.0. The molecular weight excluding hydrogens is 452 g/mol. The highest BCUT2D eigenvalue weighted by molar-refractivity contribution is 5.93. The zero-order chi connectivity index (χ0) is 25.1. The molecule has 2 aliphatic rings. The molecule has 2 aromatic carbocycles. The van der Waals surface area contributed by atoms with E-state index in [0.717, 1.165) is 53.3 Å². The third kappa shape index (κ3) is 5.11. The highest BCUT2D eigenvalue weighted by Gasteiger charge is 2.33. The Morgan fingerprint density at radius 3 is 2.61 bits per heavy atom. The predicted octanol–water partition coefficient (Wildman–Crippen LogP) is 4.89. The van der Waals surface area contributed by atoms with Crippen molar-refractivity contribution >= 4 is 23.4 Å². The number of aliphatic carboxylic acids is 1. The smallest absolute Gasteiger partial charge is 0.325 e. The van der Waals surface area contributed by atoms with Gasteiger partial charge in [0.15, 0.2) is 0 Å². The Morgan fingerprint density at radius 1 is 1.08 bits per heavy atom. The maximum Gasteiger partial charge on any atom is 0.325 e. The standard InChI is InChI=1S/C29H32N4O3/c1-19-9-11-23(18-24(19)25-12-10-21-8-5-15-30-27(21)32-25)31-28(34)22-13-16-33(17-14-22)26(29(35)36)20-6-3-2-4-7-20/h2-4,6-7,9-12,18,22,26H,5,8,13-17H2,1H3,(H,30,32)(H,31,34)(H,35,36). The number of carboxylic acid groups (broad SMARTS) is 1. The number of amides is 1. The SMILES string of the molecule is Cc1ccc(NC(=O)C2CCN(C(C(=O)O)c3ccccc3)CC2)cc1-c1ccc2c(n1)NCCC2. The van der Waals surface area contributed by atoms with Gasteiger partial charge < -0.3 is 15.7 Å². The van der Waals surface area contributed by atoms with E-state index in [1.807, 2.05) is 53.4 Å². The second-order valence-corrected chi connectivity index (χ2v) is 9.72. The van der Waals surface area contributed by atoms with Crippen molar-refractivity contribution in [2.24, 2.45) is 5.92 Å². The van der Waals surface area contributed by atoms with E-state index in [2.05, 4.69) is 29.7 Å². The number of carboxylic acids is 1. The Morgan fingerprint density at radius 2 is 1.86 bits per heavy atom. The van der Waals surface area contributed by atoms with Crippen molar-refractivity contribution in [2.45, 2.75) is 38.6 Å². The van der Waals surface area contributed by atoms with Crippen LogP contribution in [0.5, 0.6) is 0 Å². The number of rotatable bonds is 6. The van der Waals surface area contributed by atoms with Crippen LogP contribution < -0.4 is 10.6 Å². The number of aromatic nitrogens is 1. The van der Waals surface area contributed by atoms with Crippen LogP contribution in [0, 0.1) is 12.8 Å². The number of fused-ring (bicyclic) bond motifs is 1.